The summed E-state index contributed by atoms with van der Waals surface area (Å²) in [6.45, 7) is 0. The Hall–Kier alpha value is -0.990. The van der Waals surface area contributed by atoms with Crippen LogP contribution >= 0.6 is 0 Å². The average Bonchev–Trinajstić information content (AvgIpc) is 1.80. The van der Waals surface area contributed by atoms with Crippen LogP contribution in [0.4, 0.5) is 0 Å². The van der Waals surface area contributed by atoms with Crippen molar-refractivity contribution in [2.45, 2.75) is 19.3 Å². The quantitative estimate of drug-likeness (QED) is 0.445. The summed E-state index contributed by atoms with van der Waals surface area (Å²) < 4.78 is 0. The molecule has 0 aromatic rings. The molecule has 0 amide bonds. The Balaban J connectivity index is 3.01. The van der Waals surface area contributed by atoms with E-state index in [1.807, 2.05) is 0 Å². The number of carbonyl (C=O) groups is 1. The van der Waals surface area contributed by atoms with Crippen LogP contribution in [0.3, 0.4) is 0 Å². The van der Waals surface area contributed by atoms with Gasteiger partial charge >= 0.3 is 5.97 Å². The lowest BCUT2D eigenvalue weighted by atomic mass is 10.2. The van der Waals surface area contributed by atoms with Crippen molar-refractivity contribution in [3.8, 4) is 0 Å². The standard InChI is InChI=1S/C6H10O3/c7-5-3-1-2-4-6(8)9/h3,5,7H,1-2,4H2,(H,8,9). The van der Waals surface area contributed by atoms with Crippen molar-refractivity contribution in [1.82, 2.24) is 0 Å². The van der Waals surface area contributed by atoms with Gasteiger partial charge < -0.3 is 10.2 Å². The molecule has 0 aromatic carbocycles. The third-order valence-corrected chi connectivity index (χ3v) is 0.867. The van der Waals surface area contributed by atoms with Crippen molar-refractivity contribution >= 4 is 5.97 Å². The van der Waals surface area contributed by atoms with E-state index in [9.17, 15) is 4.79 Å². The molecule has 0 saturated carbocycles. The number of unbranched alkanes of at least 4 members (excludes halogenated alkanes) is 1. The van der Waals surface area contributed by atoms with Crippen LogP contribution in [0.5, 0.6) is 0 Å². The van der Waals surface area contributed by atoms with Crippen molar-refractivity contribution < 1.29 is 15.0 Å². The summed E-state index contributed by atoms with van der Waals surface area (Å²) in [5.41, 5.74) is 0. The largest absolute Gasteiger partial charge is 0.516 e. The highest BCUT2D eigenvalue weighted by molar-refractivity contribution is 5.66. The van der Waals surface area contributed by atoms with Crippen LogP contribution < -0.4 is 0 Å². The van der Waals surface area contributed by atoms with Gasteiger partial charge in [0, 0.05) is 6.42 Å². The average molecular weight is 130 g/mol. The fourth-order valence-corrected chi connectivity index (χ4v) is 0.446. The third kappa shape index (κ3) is 7.01. The molecule has 0 bridgehead atoms. The van der Waals surface area contributed by atoms with Crippen molar-refractivity contribution in [1.29, 1.82) is 0 Å². The van der Waals surface area contributed by atoms with Crippen molar-refractivity contribution in [3.63, 3.8) is 0 Å². The number of hydrogen-bond acceptors (Lipinski definition) is 2. The number of carboxylic acids is 1. The zero-order valence-electron chi connectivity index (χ0n) is 5.08. The lowest BCUT2D eigenvalue weighted by Gasteiger charge is -1.87. The molecule has 0 rings (SSSR count). The molecule has 0 spiro atoms. The van der Waals surface area contributed by atoms with E-state index in [-0.39, 0.29) is 6.42 Å². The number of aliphatic hydroxyl groups excluding tert-OH is 1. The van der Waals surface area contributed by atoms with E-state index in [2.05, 4.69) is 0 Å². The molecule has 0 aliphatic carbocycles. The first-order valence-electron chi connectivity index (χ1n) is 2.78. The molecule has 0 fully saturated rings. The number of aliphatic hydroxyl groups is 1. The molecule has 52 valence electrons. The Kier molecular flexibility index (Phi) is 4.59. The number of allylic oxidation sites excluding steroid dienone is 1. The second-order valence-electron chi connectivity index (χ2n) is 1.67. The van der Waals surface area contributed by atoms with E-state index in [1.54, 1.807) is 0 Å². The minimum absolute atomic E-state index is 0.171. The van der Waals surface area contributed by atoms with Gasteiger partial charge in [0.15, 0.2) is 0 Å². The predicted octanol–water partition coefficient (Wildman–Crippen LogP) is 1.31. The van der Waals surface area contributed by atoms with Gasteiger partial charge in [-0.15, -0.1) is 0 Å². The van der Waals surface area contributed by atoms with Gasteiger partial charge in [-0.2, -0.15) is 0 Å². The molecule has 9 heavy (non-hydrogen) atoms. The van der Waals surface area contributed by atoms with Crippen LogP contribution in [0, 0.1) is 0 Å². The number of rotatable bonds is 4. The van der Waals surface area contributed by atoms with Gasteiger partial charge in [-0.05, 0) is 12.8 Å². The fraction of sp³-hybridized carbons (Fsp3) is 0.500. The molecule has 0 heterocycles. The maximum absolute atomic E-state index is 9.88. The first kappa shape index (κ1) is 8.01. The van der Waals surface area contributed by atoms with E-state index >= 15 is 0 Å². The Morgan fingerprint density at radius 1 is 1.56 bits per heavy atom. The molecule has 0 unspecified atom stereocenters. The van der Waals surface area contributed by atoms with Crippen molar-refractivity contribution in [3.05, 3.63) is 12.3 Å². The highest BCUT2D eigenvalue weighted by Gasteiger charge is 1.92. The van der Waals surface area contributed by atoms with Gasteiger partial charge in [0.2, 0.25) is 0 Å². The smallest absolute Gasteiger partial charge is 0.303 e. The summed E-state index contributed by atoms with van der Waals surface area (Å²) in [6, 6.07) is 0. The molecule has 0 aliphatic rings. The van der Waals surface area contributed by atoms with E-state index < -0.39 is 5.97 Å². The van der Waals surface area contributed by atoms with Crippen molar-refractivity contribution in [2.75, 3.05) is 0 Å². The Labute approximate surface area is 53.6 Å². The van der Waals surface area contributed by atoms with Gasteiger partial charge in [0.25, 0.3) is 0 Å². The summed E-state index contributed by atoms with van der Waals surface area (Å²) in [5.74, 6) is -0.790. The van der Waals surface area contributed by atoms with Gasteiger partial charge in [-0.3, -0.25) is 4.79 Å². The Morgan fingerprint density at radius 2 is 2.22 bits per heavy atom. The molecular formula is C6H10O3. The highest BCUT2D eigenvalue weighted by Crippen LogP contribution is 1.94. The molecule has 3 nitrogen and oxygen atoms in total. The van der Waals surface area contributed by atoms with Crippen LogP contribution in [-0.2, 0) is 4.79 Å². The first-order chi connectivity index (χ1) is 4.27. The van der Waals surface area contributed by atoms with Gasteiger partial charge in [0.1, 0.15) is 0 Å². The molecule has 0 aliphatic heterocycles. The second-order valence-corrected chi connectivity index (χ2v) is 1.67. The van der Waals surface area contributed by atoms with E-state index in [4.69, 9.17) is 10.2 Å². The van der Waals surface area contributed by atoms with Gasteiger partial charge in [-0.25, -0.2) is 0 Å². The van der Waals surface area contributed by atoms with Crippen LogP contribution in [0.1, 0.15) is 19.3 Å². The SMILES string of the molecule is O=C(O)CCCC=CO. The zero-order valence-corrected chi connectivity index (χ0v) is 5.08. The topological polar surface area (TPSA) is 57.5 Å². The fourth-order valence-electron chi connectivity index (χ4n) is 0.446. The molecule has 3 heteroatoms. The molecular weight excluding hydrogens is 120 g/mol. The van der Waals surface area contributed by atoms with E-state index in [1.165, 1.54) is 6.08 Å². The maximum atomic E-state index is 9.88. The Morgan fingerprint density at radius 3 is 2.67 bits per heavy atom. The van der Waals surface area contributed by atoms with Crippen LogP contribution in [0.15, 0.2) is 12.3 Å². The van der Waals surface area contributed by atoms with E-state index in [0.717, 1.165) is 6.26 Å². The monoisotopic (exact) mass is 130 g/mol. The first-order valence-corrected chi connectivity index (χ1v) is 2.78. The molecule has 2 N–H and O–H groups in total. The molecule has 0 saturated heterocycles. The summed E-state index contributed by atoms with van der Waals surface area (Å²) >= 11 is 0. The lowest BCUT2D eigenvalue weighted by Crippen LogP contribution is -1.92. The number of carboxylic acid groups (broad SMARTS) is 1. The minimum atomic E-state index is -0.790. The number of aliphatic carboxylic acids is 1. The summed E-state index contributed by atoms with van der Waals surface area (Å²) in [7, 11) is 0. The van der Waals surface area contributed by atoms with Crippen LogP contribution in [0.25, 0.3) is 0 Å². The minimum Gasteiger partial charge on any atom is -0.516 e. The third-order valence-electron chi connectivity index (χ3n) is 0.867. The summed E-state index contributed by atoms with van der Waals surface area (Å²) in [5, 5.41) is 16.2. The highest BCUT2D eigenvalue weighted by atomic mass is 16.4. The summed E-state index contributed by atoms with van der Waals surface area (Å²) in [6.07, 6.45) is 3.85. The predicted molar refractivity (Wildman–Crippen MR) is 33.3 cm³/mol. The lowest BCUT2D eigenvalue weighted by molar-refractivity contribution is -0.137. The van der Waals surface area contributed by atoms with Crippen LogP contribution in [0.2, 0.25) is 0 Å². The van der Waals surface area contributed by atoms with Crippen LogP contribution in [-0.4, -0.2) is 16.2 Å². The van der Waals surface area contributed by atoms with Crippen molar-refractivity contribution in [2.24, 2.45) is 0 Å². The normalized spacial score (nSPS) is 10.2. The molecule has 0 atom stereocenters. The van der Waals surface area contributed by atoms with Gasteiger partial charge in [0.05, 0.1) is 6.26 Å². The second kappa shape index (κ2) is 5.15. The van der Waals surface area contributed by atoms with Gasteiger partial charge in [-0.1, -0.05) is 6.08 Å². The molecule has 0 aromatic heterocycles. The number of hydrogen-bond donors (Lipinski definition) is 2. The molecule has 0 radical (unpaired) electrons. The van der Waals surface area contributed by atoms with E-state index in [0.29, 0.717) is 12.8 Å². The Bertz CT molecular complexity index is 107. The zero-order chi connectivity index (χ0) is 7.11. The maximum Gasteiger partial charge on any atom is 0.303 e. The summed E-state index contributed by atoms with van der Waals surface area (Å²) in [4.78, 5) is 9.88.